The molecular formula is C26H22ClNO6S. The minimum Gasteiger partial charge on any atom is -0.493 e. The number of ether oxygens (including phenoxy) is 3. The van der Waals surface area contributed by atoms with Crippen molar-refractivity contribution in [2.24, 2.45) is 0 Å². The highest BCUT2D eigenvalue weighted by Gasteiger charge is 2.36. The van der Waals surface area contributed by atoms with Crippen LogP contribution in [0.5, 0.6) is 11.5 Å². The number of hydrogen-bond donors (Lipinski definition) is 0. The highest BCUT2D eigenvalue weighted by Crippen LogP contribution is 2.39. The molecule has 1 heterocycles. The molecule has 1 fully saturated rings. The van der Waals surface area contributed by atoms with Gasteiger partial charge in [0.1, 0.15) is 13.2 Å². The predicted molar refractivity (Wildman–Crippen MR) is 136 cm³/mol. The molecule has 2 amide bonds. The number of imide groups is 1. The first-order valence-corrected chi connectivity index (χ1v) is 12.0. The molecule has 1 aliphatic rings. The van der Waals surface area contributed by atoms with Crippen molar-refractivity contribution in [2.75, 3.05) is 20.3 Å². The maximum Gasteiger partial charge on any atom is 0.326 e. The van der Waals surface area contributed by atoms with Crippen LogP contribution in [-0.4, -0.2) is 42.3 Å². The van der Waals surface area contributed by atoms with Crippen molar-refractivity contribution in [1.29, 1.82) is 0 Å². The number of esters is 1. The number of thioether (sulfide) groups is 1. The van der Waals surface area contributed by atoms with E-state index in [-0.39, 0.29) is 18.1 Å². The fraction of sp³-hybridized carbons (Fsp3) is 0.192. The van der Waals surface area contributed by atoms with Gasteiger partial charge in [0.15, 0.2) is 11.5 Å². The monoisotopic (exact) mass is 511 g/mol. The second kappa shape index (κ2) is 10.8. The molecule has 7 nitrogen and oxygen atoms in total. The van der Waals surface area contributed by atoms with Crippen molar-refractivity contribution in [2.45, 2.75) is 13.5 Å². The molecular weight excluding hydrogens is 490 g/mol. The van der Waals surface area contributed by atoms with Crippen molar-refractivity contribution in [1.82, 2.24) is 4.90 Å². The lowest BCUT2D eigenvalue weighted by atomic mass is 10.1. The van der Waals surface area contributed by atoms with Gasteiger partial charge in [-0.25, -0.2) is 0 Å². The van der Waals surface area contributed by atoms with Gasteiger partial charge in [0.05, 0.1) is 23.6 Å². The Morgan fingerprint density at radius 1 is 1.11 bits per heavy atom. The van der Waals surface area contributed by atoms with E-state index in [4.69, 9.17) is 25.8 Å². The first kappa shape index (κ1) is 24.6. The molecule has 0 atom stereocenters. The summed E-state index contributed by atoms with van der Waals surface area (Å²) in [5.41, 5.74) is 1.55. The SMILES string of the molecule is CCOC(=O)CN1C(=O)S/C(=C\c2cc(Cl)c(OCc3cccc4ccccc34)c(OC)c2)C1=O. The largest absolute Gasteiger partial charge is 0.493 e. The maximum absolute atomic E-state index is 12.7. The highest BCUT2D eigenvalue weighted by molar-refractivity contribution is 8.18. The summed E-state index contributed by atoms with van der Waals surface area (Å²) in [5.74, 6) is -0.461. The number of methoxy groups -OCH3 is 1. The van der Waals surface area contributed by atoms with Crippen LogP contribution >= 0.6 is 23.4 Å². The van der Waals surface area contributed by atoms with Crippen LogP contribution in [0.15, 0.2) is 59.5 Å². The van der Waals surface area contributed by atoms with E-state index >= 15 is 0 Å². The second-order valence-corrected chi connectivity index (χ2v) is 8.93. The van der Waals surface area contributed by atoms with E-state index < -0.39 is 23.7 Å². The summed E-state index contributed by atoms with van der Waals surface area (Å²) in [4.78, 5) is 37.6. The van der Waals surface area contributed by atoms with E-state index in [0.717, 1.165) is 33.0 Å². The van der Waals surface area contributed by atoms with Gasteiger partial charge in [0, 0.05) is 0 Å². The Labute approximate surface area is 211 Å². The molecule has 0 bridgehead atoms. The Hall–Kier alpha value is -3.49. The molecule has 180 valence electrons. The number of fused-ring (bicyclic) bond motifs is 1. The van der Waals surface area contributed by atoms with Crippen molar-refractivity contribution >= 4 is 57.3 Å². The molecule has 0 aliphatic carbocycles. The van der Waals surface area contributed by atoms with Gasteiger partial charge in [0.2, 0.25) is 0 Å². The van der Waals surface area contributed by atoms with E-state index in [1.165, 1.54) is 13.2 Å². The fourth-order valence-electron chi connectivity index (χ4n) is 3.65. The molecule has 0 N–H and O–H groups in total. The number of halogens is 1. The minimum atomic E-state index is -0.645. The molecule has 0 unspecified atom stereocenters. The van der Waals surface area contributed by atoms with Crippen LogP contribution in [0, 0.1) is 0 Å². The van der Waals surface area contributed by atoms with Gasteiger partial charge in [0.25, 0.3) is 11.1 Å². The fourth-order valence-corrected chi connectivity index (χ4v) is 4.77. The van der Waals surface area contributed by atoms with Crippen LogP contribution in [0.1, 0.15) is 18.1 Å². The van der Waals surface area contributed by atoms with E-state index in [1.54, 1.807) is 19.1 Å². The topological polar surface area (TPSA) is 82.1 Å². The number of benzene rings is 3. The van der Waals surface area contributed by atoms with Crippen LogP contribution in [0.4, 0.5) is 4.79 Å². The van der Waals surface area contributed by atoms with Crippen LogP contribution in [0.25, 0.3) is 16.8 Å². The Morgan fingerprint density at radius 3 is 2.66 bits per heavy atom. The third kappa shape index (κ3) is 5.44. The number of hydrogen-bond acceptors (Lipinski definition) is 7. The zero-order valence-electron chi connectivity index (χ0n) is 19.1. The molecule has 0 radical (unpaired) electrons. The predicted octanol–water partition coefficient (Wildman–Crippen LogP) is 5.68. The van der Waals surface area contributed by atoms with Crippen molar-refractivity contribution in [3.8, 4) is 11.5 Å². The zero-order chi connectivity index (χ0) is 24.9. The van der Waals surface area contributed by atoms with Gasteiger partial charge >= 0.3 is 5.97 Å². The first-order valence-electron chi connectivity index (χ1n) is 10.8. The number of carbonyl (C=O) groups excluding carboxylic acids is 3. The Bertz CT molecular complexity index is 1330. The molecule has 0 aromatic heterocycles. The summed E-state index contributed by atoms with van der Waals surface area (Å²) in [7, 11) is 1.49. The first-order chi connectivity index (χ1) is 16.9. The number of carbonyl (C=O) groups is 3. The van der Waals surface area contributed by atoms with E-state index in [9.17, 15) is 14.4 Å². The van der Waals surface area contributed by atoms with Gasteiger partial charge in [-0.15, -0.1) is 0 Å². The summed E-state index contributed by atoms with van der Waals surface area (Å²) in [6.45, 7) is 1.67. The third-order valence-corrected chi connectivity index (χ3v) is 6.46. The van der Waals surface area contributed by atoms with Crippen molar-refractivity contribution in [3.63, 3.8) is 0 Å². The molecule has 3 aromatic carbocycles. The van der Waals surface area contributed by atoms with Crippen molar-refractivity contribution < 1.29 is 28.6 Å². The normalized spacial score (nSPS) is 14.6. The van der Waals surface area contributed by atoms with Gasteiger partial charge in [-0.3, -0.25) is 19.3 Å². The lowest BCUT2D eigenvalue weighted by Gasteiger charge is -2.14. The Balaban J connectivity index is 1.55. The molecule has 3 aromatic rings. The van der Waals surface area contributed by atoms with Gasteiger partial charge < -0.3 is 14.2 Å². The van der Waals surface area contributed by atoms with E-state index in [2.05, 4.69) is 0 Å². The van der Waals surface area contributed by atoms with Crippen LogP contribution in [0.2, 0.25) is 5.02 Å². The molecule has 9 heteroatoms. The second-order valence-electron chi connectivity index (χ2n) is 7.53. The summed E-state index contributed by atoms with van der Waals surface area (Å²) in [6, 6.07) is 17.3. The molecule has 35 heavy (non-hydrogen) atoms. The smallest absolute Gasteiger partial charge is 0.326 e. The minimum absolute atomic E-state index is 0.165. The Morgan fingerprint density at radius 2 is 1.89 bits per heavy atom. The number of amides is 2. The number of nitrogens with zero attached hydrogens (tertiary/aromatic N) is 1. The van der Waals surface area contributed by atoms with Crippen LogP contribution < -0.4 is 9.47 Å². The highest BCUT2D eigenvalue weighted by atomic mass is 35.5. The summed E-state index contributed by atoms with van der Waals surface area (Å²) < 4.78 is 16.4. The molecule has 1 saturated heterocycles. The summed E-state index contributed by atoms with van der Waals surface area (Å²) in [6.07, 6.45) is 1.53. The quantitative estimate of drug-likeness (QED) is 0.284. The van der Waals surface area contributed by atoms with Crippen molar-refractivity contribution in [3.05, 3.63) is 75.7 Å². The van der Waals surface area contributed by atoms with Gasteiger partial charge in [-0.1, -0.05) is 54.1 Å². The third-order valence-electron chi connectivity index (χ3n) is 5.27. The van der Waals surface area contributed by atoms with Crippen LogP contribution in [-0.2, 0) is 20.9 Å². The lowest BCUT2D eigenvalue weighted by molar-refractivity contribution is -0.145. The van der Waals surface area contributed by atoms with Gasteiger partial charge in [-0.2, -0.15) is 0 Å². The molecule has 4 rings (SSSR count). The molecule has 0 spiro atoms. The zero-order valence-corrected chi connectivity index (χ0v) is 20.7. The van der Waals surface area contributed by atoms with E-state index in [1.807, 2.05) is 42.5 Å². The Kier molecular flexibility index (Phi) is 7.63. The average Bonchev–Trinajstić information content (AvgIpc) is 3.10. The maximum atomic E-state index is 12.7. The lowest BCUT2D eigenvalue weighted by Crippen LogP contribution is -2.34. The number of rotatable bonds is 8. The average molecular weight is 512 g/mol. The summed E-state index contributed by atoms with van der Waals surface area (Å²) in [5, 5.41) is 1.95. The standard InChI is InChI=1S/C26H22ClNO6S/c1-3-33-23(29)14-28-25(30)22(35-26(28)31)13-16-11-20(27)24(21(12-16)32-2)34-15-18-9-6-8-17-7-4-5-10-19(17)18/h4-13H,3,14-15H2,1-2H3/b22-13-. The molecule has 1 aliphatic heterocycles. The molecule has 0 saturated carbocycles. The van der Waals surface area contributed by atoms with E-state index in [0.29, 0.717) is 22.1 Å². The van der Waals surface area contributed by atoms with Gasteiger partial charge in [-0.05, 0) is 58.8 Å². The summed E-state index contributed by atoms with van der Waals surface area (Å²) >= 11 is 7.26. The van der Waals surface area contributed by atoms with Crippen LogP contribution in [0.3, 0.4) is 0 Å².